The minimum atomic E-state index is -4.49. The number of hydrogen-bond donors (Lipinski definition) is 2. The monoisotopic (exact) mass is 488 g/mol. The van der Waals surface area contributed by atoms with Gasteiger partial charge in [-0.2, -0.15) is 13.2 Å². The molecule has 0 bridgehead atoms. The minimum absolute atomic E-state index is 0.0282. The number of carbonyl (C=O) groups is 1. The Kier molecular flexibility index (Phi) is 7.53. The molecule has 0 unspecified atom stereocenters. The van der Waals surface area contributed by atoms with E-state index in [9.17, 15) is 18.0 Å². The highest BCUT2D eigenvalue weighted by atomic mass is 32.1. The Morgan fingerprint density at radius 1 is 1.18 bits per heavy atom. The van der Waals surface area contributed by atoms with E-state index in [1.807, 2.05) is 29.9 Å². The molecule has 1 atom stereocenters. The zero-order valence-electron chi connectivity index (χ0n) is 18.8. The Bertz CT molecular complexity index is 1100. The molecule has 2 heterocycles. The number of nitrogens with zero attached hydrogens (tertiary/aromatic N) is 2. The molecule has 1 fully saturated rings. The van der Waals surface area contributed by atoms with Crippen molar-refractivity contribution < 1.29 is 18.0 Å². The van der Waals surface area contributed by atoms with Gasteiger partial charge in [-0.15, -0.1) is 11.3 Å². The quantitative estimate of drug-likeness (QED) is 0.454. The van der Waals surface area contributed by atoms with Gasteiger partial charge in [0.2, 0.25) is 0 Å². The molecule has 0 spiro atoms. The highest BCUT2D eigenvalue weighted by Gasteiger charge is 2.31. The molecule has 0 aliphatic carbocycles. The van der Waals surface area contributed by atoms with E-state index < -0.39 is 17.6 Å². The van der Waals surface area contributed by atoms with Crippen molar-refractivity contribution in [2.45, 2.75) is 44.4 Å². The first kappa shape index (κ1) is 24.2. The van der Waals surface area contributed by atoms with Crippen molar-refractivity contribution in [2.75, 3.05) is 23.3 Å². The molecule has 2 N–H and O–H groups in total. The Morgan fingerprint density at radius 2 is 1.94 bits per heavy atom. The van der Waals surface area contributed by atoms with Gasteiger partial charge in [-0.05, 0) is 62.6 Å². The summed E-state index contributed by atoms with van der Waals surface area (Å²) in [5.41, 5.74) is 2.53. The van der Waals surface area contributed by atoms with Gasteiger partial charge in [0.25, 0.3) is 5.91 Å². The van der Waals surface area contributed by atoms with Gasteiger partial charge in [0, 0.05) is 53.2 Å². The summed E-state index contributed by atoms with van der Waals surface area (Å²) < 4.78 is 38.9. The van der Waals surface area contributed by atoms with Crippen LogP contribution in [0.4, 0.5) is 24.5 Å². The normalized spacial score (nSPS) is 15.8. The Balaban J connectivity index is 1.32. The average Bonchev–Trinajstić information content (AvgIpc) is 3.32. The topological polar surface area (TPSA) is 57.3 Å². The van der Waals surface area contributed by atoms with Gasteiger partial charge < -0.3 is 15.5 Å². The van der Waals surface area contributed by atoms with E-state index >= 15 is 0 Å². The van der Waals surface area contributed by atoms with Gasteiger partial charge in [0.05, 0.1) is 11.1 Å². The first-order valence-corrected chi connectivity index (χ1v) is 12.1. The van der Waals surface area contributed by atoms with Crippen LogP contribution >= 0.6 is 11.3 Å². The molecule has 3 aromatic rings. The fraction of sp³-hybridized carbons (Fsp3) is 0.360. The number of thiazole rings is 1. The molecule has 0 radical (unpaired) electrons. The third-order valence-electron chi connectivity index (χ3n) is 5.93. The van der Waals surface area contributed by atoms with E-state index in [4.69, 9.17) is 0 Å². The highest BCUT2D eigenvalue weighted by molar-refractivity contribution is 7.09. The molecule has 1 aliphatic rings. The van der Waals surface area contributed by atoms with Crippen LogP contribution in [0.15, 0.2) is 60.2 Å². The third kappa shape index (κ3) is 6.36. The number of nitrogens with one attached hydrogen (secondary N) is 2. The van der Waals surface area contributed by atoms with Crippen molar-refractivity contribution in [3.05, 3.63) is 76.2 Å². The lowest BCUT2D eigenvalue weighted by molar-refractivity contribution is -0.137. The molecule has 1 amide bonds. The fourth-order valence-corrected chi connectivity index (χ4v) is 4.96. The number of aromatic nitrogens is 1. The summed E-state index contributed by atoms with van der Waals surface area (Å²) in [4.78, 5) is 20.2. The largest absolute Gasteiger partial charge is 0.416 e. The van der Waals surface area contributed by atoms with Gasteiger partial charge in [-0.1, -0.05) is 12.1 Å². The molecule has 2 aromatic carbocycles. The lowest BCUT2D eigenvalue weighted by Gasteiger charge is -2.35. The molecule has 4 rings (SSSR count). The number of halogens is 3. The molecule has 0 saturated carbocycles. The Labute approximate surface area is 201 Å². The molecule has 5 nitrogen and oxygen atoms in total. The standard InChI is InChI=1S/C25H27F3N4OS/c1-17(12-23-15-29-16-34-23)30-20-8-10-32(11-9-20)22-7-3-6-21(14-22)31-24(33)18-4-2-5-19(13-18)25(26,27)28/h2-7,13-17,20,30H,8-12H2,1H3,(H,31,33)/t17-/m0/s1. The first-order valence-electron chi connectivity index (χ1n) is 11.2. The van der Waals surface area contributed by atoms with Crippen LogP contribution in [0, 0.1) is 0 Å². The van der Waals surface area contributed by atoms with Crippen molar-refractivity contribution >= 4 is 28.6 Å². The van der Waals surface area contributed by atoms with Gasteiger partial charge in [-0.3, -0.25) is 9.78 Å². The highest BCUT2D eigenvalue weighted by Crippen LogP contribution is 2.30. The van der Waals surface area contributed by atoms with Crippen molar-refractivity contribution in [1.29, 1.82) is 0 Å². The maximum atomic E-state index is 13.0. The number of hydrogen-bond acceptors (Lipinski definition) is 5. The Morgan fingerprint density at radius 3 is 2.65 bits per heavy atom. The van der Waals surface area contributed by atoms with E-state index in [1.165, 1.54) is 17.0 Å². The van der Waals surface area contributed by atoms with Crippen LogP contribution in [0.5, 0.6) is 0 Å². The lowest BCUT2D eigenvalue weighted by Crippen LogP contribution is -2.46. The second-order valence-electron chi connectivity index (χ2n) is 8.58. The van der Waals surface area contributed by atoms with E-state index in [-0.39, 0.29) is 5.56 Å². The molecule has 1 aromatic heterocycles. The minimum Gasteiger partial charge on any atom is -0.371 e. The first-order chi connectivity index (χ1) is 16.3. The summed E-state index contributed by atoms with van der Waals surface area (Å²) in [5, 5.41) is 6.44. The average molecular weight is 489 g/mol. The number of piperidine rings is 1. The molecule has 180 valence electrons. The van der Waals surface area contributed by atoms with Crippen LogP contribution in [0.3, 0.4) is 0 Å². The van der Waals surface area contributed by atoms with Crippen LogP contribution < -0.4 is 15.5 Å². The molecular weight excluding hydrogens is 461 g/mol. The molecular formula is C25H27F3N4OS. The van der Waals surface area contributed by atoms with E-state index in [1.54, 1.807) is 17.4 Å². The zero-order valence-corrected chi connectivity index (χ0v) is 19.6. The maximum absolute atomic E-state index is 13.0. The summed E-state index contributed by atoms with van der Waals surface area (Å²) in [6.45, 7) is 3.97. The smallest absolute Gasteiger partial charge is 0.371 e. The second-order valence-corrected chi connectivity index (χ2v) is 9.55. The second kappa shape index (κ2) is 10.6. The summed E-state index contributed by atoms with van der Waals surface area (Å²) in [6.07, 6.45) is 0.417. The van der Waals surface area contributed by atoms with Crippen molar-refractivity contribution in [3.8, 4) is 0 Å². The Hall–Kier alpha value is -2.91. The summed E-state index contributed by atoms with van der Waals surface area (Å²) in [5.74, 6) is -0.568. The molecule has 1 aliphatic heterocycles. The van der Waals surface area contributed by atoms with Crippen LogP contribution in [0.1, 0.15) is 40.6 Å². The van der Waals surface area contributed by atoms with Gasteiger partial charge in [0.15, 0.2) is 0 Å². The maximum Gasteiger partial charge on any atom is 0.416 e. The van der Waals surface area contributed by atoms with Crippen LogP contribution in [0.25, 0.3) is 0 Å². The molecule has 1 saturated heterocycles. The van der Waals surface area contributed by atoms with Crippen LogP contribution in [0.2, 0.25) is 0 Å². The van der Waals surface area contributed by atoms with Crippen LogP contribution in [-0.4, -0.2) is 36.1 Å². The van der Waals surface area contributed by atoms with Crippen molar-refractivity contribution in [2.24, 2.45) is 0 Å². The number of anilines is 2. The van der Waals surface area contributed by atoms with Gasteiger partial charge >= 0.3 is 6.18 Å². The van der Waals surface area contributed by atoms with Gasteiger partial charge in [0.1, 0.15) is 0 Å². The third-order valence-corrected chi connectivity index (χ3v) is 6.73. The number of alkyl halides is 3. The summed E-state index contributed by atoms with van der Waals surface area (Å²) in [6, 6.07) is 12.7. The number of amides is 1. The SMILES string of the molecule is C[C@@H](Cc1cncs1)NC1CCN(c2cccc(NC(=O)c3cccc(C(F)(F)F)c3)c2)CC1. The molecule has 9 heteroatoms. The number of benzene rings is 2. The van der Waals surface area contributed by atoms with Gasteiger partial charge in [-0.25, -0.2) is 0 Å². The molecule has 34 heavy (non-hydrogen) atoms. The number of carbonyl (C=O) groups excluding carboxylic acids is 1. The van der Waals surface area contributed by atoms with Crippen LogP contribution in [-0.2, 0) is 12.6 Å². The zero-order chi connectivity index (χ0) is 24.1. The lowest BCUT2D eigenvalue weighted by atomic mass is 10.0. The number of rotatable bonds is 7. The van der Waals surface area contributed by atoms with E-state index in [0.29, 0.717) is 17.8 Å². The van der Waals surface area contributed by atoms with E-state index in [2.05, 4.69) is 27.4 Å². The summed E-state index contributed by atoms with van der Waals surface area (Å²) in [7, 11) is 0. The van der Waals surface area contributed by atoms with Crippen molar-refractivity contribution in [1.82, 2.24) is 10.3 Å². The predicted octanol–water partition coefficient (Wildman–Crippen LogP) is 5.60. The fourth-order valence-electron chi connectivity index (χ4n) is 4.23. The van der Waals surface area contributed by atoms with E-state index in [0.717, 1.165) is 50.2 Å². The summed E-state index contributed by atoms with van der Waals surface area (Å²) >= 11 is 1.68. The van der Waals surface area contributed by atoms with Crippen molar-refractivity contribution in [3.63, 3.8) is 0 Å². The predicted molar refractivity (Wildman–Crippen MR) is 129 cm³/mol.